The van der Waals surface area contributed by atoms with Crippen LogP contribution in [-0.4, -0.2) is 29.0 Å². The van der Waals surface area contributed by atoms with Gasteiger partial charge in [0, 0.05) is 30.3 Å². The van der Waals surface area contributed by atoms with E-state index in [0.717, 1.165) is 37.3 Å². The fraction of sp³-hybridized carbons (Fsp3) is 0.263. The lowest BCUT2D eigenvalue weighted by Gasteiger charge is -2.22. The molecule has 2 N–H and O–H groups in total. The Morgan fingerprint density at radius 1 is 1.15 bits per heavy atom. The van der Waals surface area contributed by atoms with Gasteiger partial charge < -0.3 is 10.2 Å². The summed E-state index contributed by atoms with van der Waals surface area (Å²) in [4.78, 5) is 25.3. The number of rotatable bonds is 4. The molecular weight excluding hydrogens is 364 g/mol. The summed E-state index contributed by atoms with van der Waals surface area (Å²) in [5.41, 5.74) is 2.29. The fourth-order valence-corrected chi connectivity index (χ4v) is 3.41. The van der Waals surface area contributed by atoms with Crippen LogP contribution >= 0.6 is 12.2 Å². The van der Waals surface area contributed by atoms with E-state index >= 15 is 0 Å². The molecule has 1 amide bonds. The molecule has 2 aromatic rings. The summed E-state index contributed by atoms with van der Waals surface area (Å²) in [5.74, 6) is -0.479. The number of benzene rings is 2. The number of hydrogen-bond donors (Lipinski definition) is 2. The van der Waals surface area contributed by atoms with Crippen molar-refractivity contribution in [3.63, 3.8) is 0 Å². The molecule has 1 saturated heterocycles. The first-order valence-electron chi connectivity index (χ1n) is 8.67. The van der Waals surface area contributed by atoms with E-state index in [1.807, 2.05) is 24.3 Å². The van der Waals surface area contributed by atoms with Gasteiger partial charge in [-0.2, -0.15) is 0 Å². The van der Waals surface area contributed by atoms with Gasteiger partial charge in [-0.3, -0.25) is 20.2 Å². The Hall–Kier alpha value is -3.00. The van der Waals surface area contributed by atoms with Crippen molar-refractivity contribution in [2.24, 2.45) is 0 Å². The van der Waals surface area contributed by atoms with Crippen molar-refractivity contribution < 1.29 is 9.72 Å². The van der Waals surface area contributed by atoms with Crippen LogP contribution in [-0.2, 0) is 0 Å². The summed E-state index contributed by atoms with van der Waals surface area (Å²) in [7, 11) is 0. The van der Waals surface area contributed by atoms with Crippen molar-refractivity contribution in [3.8, 4) is 0 Å². The zero-order valence-corrected chi connectivity index (χ0v) is 15.7. The molecule has 7 nitrogen and oxygen atoms in total. The summed E-state index contributed by atoms with van der Waals surface area (Å²) >= 11 is 5.28. The van der Waals surface area contributed by atoms with Crippen molar-refractivity contribution in [2.75, 3.05) is 23.3 Å². The standard InChI is InChI=1S/C19H20N4O3S/c1-13-14(7-6-10-16(13)23(25)26)18(24)21-19(27)20-15-8-2-3-9-17(15)22-11-4-5-12-22/h2-3,6-10H,4-5,11-12H2,1H3,(H2,20,21,24,27). The van der Waals surface area contributed by atoms with Crippen molar-refractivity contribution in [1.29, 1.82) is 0 Å². The van der Waals surface area contributed by atoms with Gasteiger partial charge in [0.25, 0.3) is 11.6 Å². The van der Waals surface area contributed by atoms with Crippen LogP contribution in [0.15, 0.2) is 42.5 Å². The second kappa shape index (κ2) is 8.13. The van der Waals surface area contributed by atoms with Gasteiger partial charge in [-0.05, 0) is 50.2 Å². The number of thiocarbonyl (C=S) groups is 1. The molecule has 0 unspecified atom stereocenters. The summed E-state index contributed by atoms with van der Waals surface area (Å²) in [6, 6.07) is 12.2. The molecule has 3 rings (SSSR count). The van der Waals surface area contributed by atoms with E-state index in [1.54, 1.807) is 13.0 Å². The molecule has 0 saturated carbocycles. The number of para-hydroxylation sites is 2. The third kappa shape index (κ3) is 4.22. The number of nitrogens with one attached hydrogen (secondary N) is 2. The number of nitro benzene ring substituents is 1. The lowest BCUT2D eigenvalue weighted by molar-refractivity contribution is -0.385. The van der Waals surface area contributed by atoms with Gasteiger partial charge in [-0.25, -0.2) is 0 Å². The Kier molecular flexibility index (Phi) is 5.66. The van der Waals surface area contributed by atoms with Gasteiger partial charge in [-0.15, -0.1) is 0 Å². The van der Waals surface area contributed by atoms with E-state index in [2.05, 4.69) is 15.5 Å². The van der Waals surface area contributed by atoms with E-state index in [1.165, 1.54) is 12.1 Å². The van der Waals surface area contributed by atoms with Gasteiger partial charge in [0.05, 0.1) is 16.3 Å². The molecular formula is C19H20N4O3S. The van der Waals surface area contributed by atoms with E-state index in [9.17, 15) is 14.9 Å². The van der Waals surface area contributed by atoms with Crippen molar-refractivity contribution in [2.45, 2.75) is 19.8 Å². The predicted octanol–water partition coefficient (Wildman–Crippen LogP) is 3.63. The van der Waals surface area contributed by atoms with Crippen LogP contribution < -0.4 is 15.5 Å². The summed E-state index contributed by atoms with van der Waals surface area (Å²) in [6.45, 7) is 3.53. The molecule has 0 radical (unpaired) electrons. The van der Waals surface area contributed by atoms with Crippen LogP contribution in [0.2, 0.25) is 0 Å². The van der Waals surface area contributed by atoms with Crippen LogP contribution in [0.1, 0.15) is 28.8 Å². The molecule has 0 spiro atoms. The molecule has 0 bridgehead atoms. The lowest BCUT2D eigenvalue weighted by Crippen LogP contribution is -2.35. The van der Waals surface area contributed by atoms with Gasteiger partial charge in [0.2, 0.25) is 0 Å². The number of carbonyl (C=O) groups is 1. The van der Waals surface area contributed by atoms with E-state index in [-0.39, 0.29) is 16.4 Å². The minimum Gasteiger partial charge on any atom is -0.370 e. The fourth-order valence-electron chi connectivity index (χ4n) is 3.20. The third-order valence-electron chi connectivity index (χ3n) is 4.57. The number of nitrogens with zero attached hydrogens (tertiary/aromatic N) is 2. The zero-order chi connectivity index (χ0) is 19.4. The molecule has 1 aliphatic rings. The molecule has 27 heavy (non-hydrogen) atoms. The number of nitro groups is 1. The third-order valence-corrected chi connectivity index (χ3v) is 4.78. The quantitative estimate of drug-likeness (QED) is 0.475. The Morgan fingerprint density at radius 3 is 2.56 bits per heavy atom. The average Bonchev–Trinajstić information content (AvgIpc) is 3.16. The highest BCUT2D eigenvalue weighted by Crippen LogP contribution is 2.28. The highest BCUT2D eigenvalue weighted by Gasteiger charge is 2.20. The zero-order valence-electron chi connectivity index (χ0n) is 14.9. The van der Waals surface area contributed by atoms with Gasteiger partial charge in [0.15, 0.2) is 5.11 Å². The Labute approximate surface area is 162 Å². The number of hydrogen-bond acceptors (Lipinski definition) is 5. The summed E-state index contributed by atoms with van der Waals surface area (Å²) < 4.78 is 0. The highest BCUT2D eigenvalue weighted by molar-refractivity contribution is 7.80. The van der Waals surface area contributed by atoms with Crippen LogP contribution in [0.3, 0.4) is 0 Å². The first-order valence-corrected chi connectivity index (χ1v) is 9.08. The summed E-state index contributed by atoms with van der Waals surface area (Å²) in [5, 5.41) is 16.9. The molecule has 1 fully saturated rings. The first kappa shape index (κ1) is 18.8. The highest BCUT2D eigenvalue weighted by atomic mass is 32.1. The van der Waals surface area contributed by atoms with Gasteiger partial charge in [-0.1, -0.05) is 18.2 Å². The molecule has 8 heteroatoms. The maximum absolute atomic E-state index is 12.5. The van der Waals surface area contributed by atoms with Crippen LogP contribution in [0, 0.1) is 17.0 Å². The topological polar surface area (TPSA) is 87.5 Å². The van der Waals surface area contributed by atoms with Crippen LogP contribution in [0.5, 0.6) is 0 Å². The Morgan fingerprint density at radius 2 is 1.85 bits per heavy atom. The number of amides is 1. The predicted molar refractivity (Wildman–Crippen MR) is 109 cm³/mol. The van der Waals surface area contributed by atoms with Gasteiger partial charge in [0.1, 0.15) is 0 Å². The van der Waals surface area contributed by atoms with Crippen LogP contribution in [0.4, 0.5) is 17.1 Å². The van der Waals surface area contributed by atoms with Crippen LogP contribution in [0.25, 0.3) is 0 Å². The number of carbonyl (C=O) groups excluding carboxylic acids is 1. The molecule has 1 aliphatic heterocycles. The second-order valence-electron chi connectivity index (χ2n) is 6.33. The summed E-state index contributed by atoms with van der Waals surface area (Å²) in [6.07, 6.45) is 2.31. The average molecular weight is 384 g/mol. The maximum atomic E-state index is 12.5. The van der Waals surface area contributed by atoms with E-state index in [0.29, 0.717) is 5.56 Å². The monoisotopic (exact) mass is 384 g/mol. The molecule has 0 atom stereocenters. The first-order chi connectivity index (χ1) is 13.0. The van der Waals surface area contributed by atoms with Gasteiger partial charge >= 0.3 is 0 Å². The smallest absolute Gasteiger partial charge is 0.273 e. The molecule has 0 aliphatic carbocycles. The Balaban J connectivity index is 1.73. The van der Waals surface area contributed by atoms with E-state index < -0.39 is 10.8 Å². The molecule has 140 valence electrons. The van der Waals surface area contributed by atoms with Crippen molar-refractivity contribution in [1.82, 2.24) is 5.32 Å². The van der Waals surface area contributed by atoms with E-state index in [4.69, 9.17) is 12.2 Å². The molecule has 2 aromatic carbocycles. The lowest BCUT2D eigenvalue weighted by atomic mass is 10.1. The second-order valence-corrected chi connectivity index (χ2v) is 6.73. The Bertz CT molecular complexity index is 894. The number of anilines is 2. The molecule has 0 aromatic heterocycles. The minimum absolute atomic E-state index is 0.0964. The maximum Gasteiger partial charge on any atom is 0.273 e. The van der Waals surface area contributed by atoms with Crippen molar-refractivity contribution >= 4 is 40.3 Å². The minimum atomic E-state index is -0.505. The SMILES string of the molecule is Cc1c(C(=O)NC(=S)Nc2ccccc2N2CCCC2)cccc1[N+](=O)[O-]. The molecule has 1 heterocycles. The largest absolute Gasteiger partial charge is 0.370 e. The van der Waals surface area contributed by atoms with Crippen molar-refractivity contribution in [3.05, 3.63) is 63.7 Å². The normalized spacial score (nSPS) is 13.3.